The van der Waals surface area contributed by atoms with Crippen molar-refractivity contribution >= 4 is 0 Å². The van der Waals surface area contributed by atoms with E-state index < -0.39 is 0 Å². The molecule has 4 heteroatoms. The summed E-state index contributed by atoms with van der Waals surface area (Å²) in [7, 11) is 3.22. The lowest BCUT2D eigenvalue weighted by atomic mass is 10.1. The minimum absolute atomic E-state index is 0.239. The molecule has 1 aliphatic heterocycles. The predicted molar refractivity (Wildman–Crippen MR) is 65.1 cm³/mol. The van der Waals surface area contributed by atoms with Crippen LogP contribution in [0.25, 0.3) is 0 Å². The molecule has 0 saturated heterocycles. The Labute approximate surface area is 101 Å². The van der Waals surface area contributed by atoms with Crippen LogP contribution in [-0.2, 0) is 4.74 Å². The van der Waals surface area contributed by atoms with Crippen LogP contribution in [-0.4, -0.2) is 20.8 Å². The summed E-state index contributed by atoms with van der Waals surface area (Å²) in [6, 6.07) is 5.42. The predicted octanol–water partition coefficient (Wildman–Crippen LogP) is 2.01. The van der Waals surface area contributed by atoms with E-state index in [-0.39, 0.29) is 6.04 Å². The highest BCUT2D eigenvalue weighted by molar-refractivity contribution is 5.45. The fourth-order valence-corrected chi connectivity index (χ4v) is 1.86. The number of methoxy groups -OCH3 is 2. The smallest absolute Gasteiger partial charge is 0.161 e. The quantitative estimate of drug-likeness (QED) is 0.867. The molecule has 2 N–H and O–H groups in total. The maximum Gasteiger partial charge on any atom is 0.161 e. The first-order valence-electron chi connectivity index (χ1n) is 5.56. The number of nitrogens with two attached hydrogens (primary N) is 1. The molecular formula is C13H17NO3. The first-order valence-corrected chi connectivity index (χ1v) is 5.56. The van der Waals surface area contributed by atoms with Crippen molar-refractivity contribution in [2.45, 2.75) is 12.5 Å². The number of ether oxygens (including phenoxy) is 3. The number of hydrogen-bond donors (Lipinski definition) is 1. The van der Waals surface area contributed by atoms with Gasteiger partial charge in [-0.15, -0.1) is 0 Å². The summed E-state index contributed by atoms with van der Waals surface area (Å²) >= 11 is 0. The summed E-state index contributed by atoms with van der Waals surface area (Å²) in [5.41, 5.74) is 7.08. The monoisotopic (exact) mass is 235 g/mol. The normalized spacial score (nSPS) is 16.1. The Morgan fingerprint density at radius 3 is 2.59 bits per heavy atom. The van der Waals surface area contributed by atoms with Crippen LogP contribution < -0.4 is 15.2 Å². The lowest BCUT2D eigenvalue weighted by Gasteiger charge is -2.15. The fourth-order valence-electron chi connectivity index (χ4n) is 1.86. The molecule has 0 amide bonds. The van der Waals surface area contributed by atoms with Crippen LogP contribution in [0.2, 0.25) is 0 Å². The first kappa shape index (κ1) is 11.8. The van der Waals surface area contributed by atoms with Crippen molar-refractivity contribution in [3.63, 3.8) is 0 Å². The molecule has 1 unspecified atom stereocenters. The number of benzene rings is 1. The van der Waals surface area contributed by atoms with Crippen LogP contribution in [0.3, 0.4) is 0 Å². The Hall–Kier alpha value is -1.68. The summed E-state index contributed by atoms with van der Waals surface area (Å²) < 4.78 is 15.9. The maximum absolute atomic E-state index is 6.13. The van der Waals surface area contributed by atoms with Gasteiger partial charge in [-0.1, -0.05) is 6.07 Å². The fraction of sp³-hybridized carbons (Fsp3) is 0.385. The molecule has 2 rings (SSSR count). The minimum atomic E-state index is -0.239. The van der Waals surface area contributed by atoms with Gasteiger partial charge < -0.3 is 19.9 Å². The van der Waals surface area contributed by atoms with Crippen molar-refractivity contribution in [2.75, 3.05) is 20.8 Å². The zero-order chi connectivity index (χ0) is 12.3. The van der Waals surface area contributed by atoms with Gasteiger partial charge in [0.2, 0.25) is 0 Å². The molecule has 0 aromatic heterocycles. The highest BCUT2D eigenvalue weighted by atomic mass is 16.5. The van der Waals surface area contributed by atoms with Crippen LogP contribution >= 0.6 is 0 Å². The van der Waals surface area contributed by atoms with E-state index in [9.17, 15) is 0 Å². The molecule has 0 bridgehead atoms. The minimum Gasteiger partial charge on any atom is -0.496 e. The average molecular weight is 235 g/mol. The lowest BCUT2D eigenvalue weighted by molar-refractivity contribution is 0.225. The first-order chi connectivity index (χ1) is 8.26. The summed E-state index contributed by atoms with van der Waals surface area (Å²) in [6.45, 7) is 0.719. The van der Waals surface area contributed by atoms with Gasteiger partial charge in [0.05, 0.1) is 26.9 Å². The van der Waals surface area contributed by atoms with E-state index in [1.807, 2.05) is 24.3 Å². The Kier molecular flexibility index (Phi) is 3.54. The van der Waals surface area contributed by atoms with Crippen LogP contribution in [0.1, 0.15) is 18.0 Å². The van der Waals surface area contributed by atoms with Gasteiger partial charge in [-0.25, -0.2) is 0 Å². The summed E-state index contributed by atoms with van der Waals surface area (Å²) in [5.74, 6) is 2.21. The molecule has 0 spiro atoms. The van der Waals surface area contributed by atoms with Crippen molar-refractivity contribution in [1.29, 1.82) is 0 Å². The van der Waals surface area contributed by atoms with Crippen molar-refractivity contribution in [3.05, 3.63) is 35.6 Å². The van der Waals surface area contributed by atoms with Crippen LogP contribution in [0.5, 0.6) is 11.5 Å². The van der Waals surface area contributed by atoms with Gasteiger partial charge in [-0.05, 0) is 23.8 Å². The molecule has 1 aromatic carbocycles. The molecule has 4 nitrogen and oxygen atoms in total. The Morgan fingerprint density at radius 1 is 1.24 bits per heavy atom. The van der Waals surface area contributed by atoms with E-state index in [2.05, 4.69) is 0 Å². The van der Waals surface area contributed by atoms with E-state index in [4.69, 9.17) is 19.9 Å². The highest BCUT2D eigenvalue weighted by Gasteiger charge is 2.18. The van der Waals surface area contributed by atoms with E-state index >= 15 is 0 Å². The second-order valence-corrected chi connectivity index (χ2v) is 3.84. The molecule has 0 fully saturated rings. The maximum atomic E-state index is 6.13. The van der Waals surface area contributed by atoms with Crippen molar-refractivity contribution in [2.24, 2.45) is 5.73 Å². The molecule has 1 heterocycles. The second-order valence-electron chi connectivity index (χ2n) is 3.84. The van der Waals surface area contributed by atoms with Gasteiger partial charge in [0, 0.05) is 6.42 Å². The van der Waals surface area contributed by atoms with Gasteiger partial charge in [0.15, 0.2) is 11.5 Å². The topological polar surface area (TPSA) is 53.7 Å². The van der Waals surface area contributed by atoms with Crippen LogP contribution in [0.4, 0.5) is 0 Å². The molecule has 92 valence electrons. The molecular weight excluding hydrogens is 218 g/mol. The Balaban J connectivity index is 2.26. The lowest BCUT2D eigenvalue weighted by Crippen LogP contribution is -2.13. The van der Waals surface area contributed by atoms with Crippen LogP contribution in [0, 0.1) is 0 Å². The summed E-state index contributed by atoms with van der Waals surface area (Å²) in [4.78, 5) is 0. The average Bonchev–Trinajstić information content (AvgIpc) is 2.90. The second kappa shape index (κ2) is 5.10. The van der Waals surface area contributed by atoms with E-state index in [0.717, 1.165) is 24.4 Å². The molecule has 17 heavy (non-hydrogen) atoms. The molecule has 1 aromatic rings. The Bertz CT molecular complexity index is 429. The van der Waals surface area contributed by atoms with Crippen LogP contribution in [0.15, 0.2) is 30.0 Å². The van der Waals surface area contributed by atoms with E-state index in [0.29, 0.717) is 11.5 Å². The third kappa shape index (κ3) is 2.36. The summed E-state index contributed by atoms with van der Waals surface area (Å²) in [6.07, 6.45) is 2.96. The highest BCUT2D eigenvalue weighted by Crippen LogP contribution is 2.32. The van der Waals surface area contributed by atoms with E-state index in [1.165, 1.54) is 0 Å². The largest absolute Gasteiger partial charge is 0.496 e. The van der Waals surface area contributed by atoms with Gasteiger partial charge in [0.25, 0.3) is 0 Å². The van der Waals surface area contributed by atoms with Gasteiger partial charge >= 0.3 is 0 Å². The Morgan fingerprint density at radius 2 is 2.00 bits per heavy atom. The van der Waals surface area contributed by atoms with Gasteiger partial charge in [-0.2, -0.15) is 0 Å². The number of hydrogen-bond acceptors (Lipinski definition) is 4. The van der Waals surface area contributed by atoms with E-state index in [1.54, 1.807) is 14.2 Å². The molecule has 0 saturated carbocycles. The van der Waals surface area contributed by atoms with Gasteiger partial charge in [-0.3, -0.25) is 0 Å². The van der Waals surface area contributed by atoms with Crippen molar-refractivity contribution < 1.29 is 14.2 Å². The van der Waals surface area contributed by atoms with Gasteiger partial charge in [0.1, 0.15) is 5.76 Å². The molecule has 1 atom stereocenters. The zero-order valence-electron chi connectivity index (χ0n) is 10.1. The van der Waals surface area contributed by atoms with Crippen molar-refractivity contribution in [1.82, 2.24) is 0 Å². The van der Waals surface area contributed by atoms with Crippen molar-refractivity contribution in [3.8, 4) is 11.5 Å². The SMILES string of the molecule is COc1ccc(C(N)C2=CCCO2)cc1OC. The molecule has 1 aliphatic rings. The third-order valence-corrected chi connectivity index (χ3v) is 2.81. The third-order valence-electron chi connectivity index (χ3n) is 2.81. The molecule has 0 aliphatic carbocycles. The molecule has 0 radical (unpaired) electrons. The number of rotatable bonds is 4. The zero-order valence-corrected chi connectivity index (χ0v) is 10.1. The standard InChI is InChI=1S/C13H17NO3/c1-15-10-6-5-9(8-12(10)16-2)13(14)11-4-3-7-17-11/h4-6,8,13H,3,7,14H2,1-2H3. The summed E-state index contributed by atoms with van der Waals surface area (Å²) in [5, 5.41) is 0.